The lowest BCUT2D eigenvalue weighted by molar-refractivity contribution is 0.993. The standard InChI is InChI=1S/C44H27N3S/c1-3-11-28(12-4-1)32-21-33(29-13-5-2-6-14-29)23-34(22-32)35-26-45-44(46-27-35)47-40-18-10-9-17-36(40)37-19-20-38-39-24-30-15-7-8-16-31(30)25-41(39)48-43(38)42(37)47/h1-27H. The van der Waals surface area contributed by atoms with Gasteiger partial charge in [0.1, 0.15) is 0 Å². The number of hydrogen-bond acceptors (Lipinski definition) is 3. The van der Waals surface area contributed by atoms with Gasteiger partial charge in [-0.3, -0.25) is 4.57 Å². The van der Waals surface area contributed by atoms with Gasteiger partial charge in [0.05, 0.1) is 15.7 Å². The smallest absolute Gasteiger partial charge is 0.234 e. The molecule has 0 fully saturated rings. The van der Waals surface area contributed by atoms with E-state index >= 15 is 0 Å². The van der Waals surface area contributed by atoms with Gasteiger partial charge in [-0.15, -0.1) is 11.3 Å². The van der Waals surface area contributed by atoms with Crippen LogP contribution >= 0.6 is 11.3 Å². The third-order valence-electron chi connectivity index (χ3n) is 9.46. The molecule has 10 rings (SSSR count). The van der Waals surface area contributed by atoms with Gasteiger partial charge in [0.25, 0.3) is 0 Å². The molecular formula is C44H27N3S. The van der Waals surface area contributed by atoms with Gasteiger partial charge in [-0.1, -0.05) is 115 Å². The van der Waals surface area contributed by atoms with Gasteiger partial charge in [0.15, 0.2) is 0 Å². The third kappa shape index (κ3) is 4.27. The molecule has 10 aromatic rings. The predicted octanol–water partition coefficient (Wildman–Crippen LogP) is 12.1. The zero-order chi connectivity index (χ0) is 31.6. The van der Waals surface area contributed by atoms with Crippen molar-refractivity contribution in [1.82, 2.24) is 14.5 Å². The Hall–Kier alpha value is -6.10. The number of aromatic nitrogens is 3. The Morgan fingerprint density at radius 1 is 0.417 bits per heavy atom. The summed E-state index contributed by atoms with van der Waals surface area (Å²) in [5.74, 6) is 0.669. The number of para-hydroxylation sites is 1. The first-order chi connectivity index (χ1) is 23.8. The Morgan fingerprint density at radius 3 is 1.67 bits per heavy atom. The van der Waals surface area contributed by atoms with Crippen LogP contribution in [0.4, 0.5) is 0 Å². The molecule has 0 spiro atoms. The van der Waals surface area contributed by atoms with E-state index in [0.717, 1.165) is 22.2 Å². The molecule has 0 atom stereocenters. The Balaban J connectivity index is 1.17. The van der Waals surface area contributed by atoms with Crippen molar-refractivity contribution in [1.29, 1.82) is 0 Å². The van der Waals surface area contributed by atoms with Crippen LogP contribution in [-0.4, -0.2) is 14.5 Å². The van der Waals surface area contributed by atoms with Crippen molar-refractivity contribution in [3.63, 3.8) is 0 Å². The molecule has 48 heavy (non-hydrogen) atoms. The molecule has 0 bridgehead atoms. The van der Waals surface area contributed by atoms with E-state index in [9.17, 15) is 0 Å². The monoisotopic (exact) mass is 629 g/mol. The molecule has 0 N–H and O–H groups in total. The lowest BCUT2D eigenvalue weighted by atomic mass is 9.94. The molecule has 3 aromatic heterocycles. The molecule has 3 heterocycles. The van der Waals surface area contributed by atoms with Gasteiger partial charge in [-0.25, -0.2) is 9.97 Å². The molecule has 0 aliphatic carbocycles. The lowest BCUT2D eigenvalue weighted by Crippen LogP contribution is -2.01. The van der Waals surface area contributed by atoms with E-state index in [1.54, 1.807) is 0 Å². The highest BCUT2D eigenvalue weighted by molar-refractivity contribution is 7.26. The molecule has 0 unspecified atom stereocenters. The van der Waals surface area contributed by atoms with Crippen molar-refractivity contribution in [3.8, 4) is 39.3 Å². The summed E-state index contributed by atoms with van der Waals surface area (Å²) in [6.45, 7) is 0. The van der Waals surface area contributed by atoms with E-state index in [1.165, 1.54) is 64.0 Å². The fraction of sp³-hybridized carbons (Fsp3) is 0. The number of fused-ring (bicyclic) bond motifs is 8. The summed E-state index contributed by atoms with van der Waals surface area (Å²) >= 11 is 1.85. The number of hydrogen-bond donors (Lipinski definition) is 0. The summed E-state index contributed by atoms with van der Waals surface area (Å²) in [5.41, 5.74) is 9.02. The van der Waals surface area contributed by atoms with E-state index in [2.05, 4.69) is 156 Å². The first-order valence-corrected chi connectivity index (χ1v) is 17.0. The highest BCUT2D eigenvalue weighted by Crippen LogP contribution is 2.43. The minimum Gasteiger partial charge on any atom is -0.276 e. The van der Waals surface area contributed by atoms with E-state index < -0.39 is 0 Å². The van der Waals surface area contributed by atoms with E-state index in [-0.39, 0.29) is 0 Å². The van der Waals surface area contributed by atoms with Crippen molar-refractivity contribution >= 4 is 64.1 Å². The minimum atomic E-state index is 0.669. The molecule has 224 valence electrons. The number of thiophene rings is 1. The maximum absolute atomic E-state index is 5.06. The van der Waals surface area contributed by atoms with Gasteiger partial charge < -0.3 is 0 Å². The Morgan fingerprint density at radius 2 is 0.979 bits per heavy atom. The predicted molar refractivity (Wildman–Crippen MR) is 203 cm³/mol. The van der Waals surface area contributed by atoms with Crippen LogP contribution < -0.4 is 0 Å². The summed E-state index contributed by atoms with van der Waals surface area (Å²) in [4.78, 5) is 10.1. The summed E-state index contributed by atoms with van der Waals surface area (Å²) in [5, 5.41) is 7.49. The second-order valence-corrected chi connectivity index (χ2v) is 13.3. The Labute approximate surface area is 281 Å². The van der Waals surface area contributed by atoms with Crippen LogP contribution in [-0.2, 0) is 0 Å². The second kappa shape index (κ2) is 10.7. The summed E-state index contributed by atoms with van der Waals surface area (Å²) in [6, 6.07) is 54.3. The van der Waals surface area contributed by atoms with Gasteiger partial charge in [-0.2, -0.15) is 0 Å². The largest absolute Gasteiger partial charge is 0.276 e. The molecule has 7 aromatic carbocycles. The van der Waals surface area contributed by atoms with E-state index in [4.69, 9.17) is 9.97 Å². The van der Waals surface area contributed by atoms with Gasteiger partial charge in [0.2, 0.25) is 5.95 Å². The second-order valence-electron chi connectivity index (χ2n) is 12.3. The van der Waals surface area contributed by atoms with Crippen molar-refractivity contribution in [2.24, 2.45) is 0 Å². The van der Waals surface area contributed by atoms with Crippen LogP contribution in [0.2, 0.25) is 0 Å². The molecule has 4 heteroatoms. The first kappa shape index (κ1) is 27.1. The Bertz CT molecular complexity index is 2760. The maximum Gasteiger partial charge on any atom is 0.234 e. The van der Waals surface area contributed by atoms with Crippen molar-refractivity contribution < 1.29 is 0 Å². The maximum atomic E-state index is 5.06. The third-order valence-corrected chi connectivity index (χ3v) is 10.6. The molecule has 0 saturated heterocycles. The normalized spacial score (nSPS) is 11.8. The molecular weight excluding hydrogens is 603 g/mol. The zero-order valence-electron chi connectivity index (χ0n) is 25.8. The van der Waals surface area contributed by atoms with Crippen molar-refractivity contribution in [2.75, 3.05) is 0 Å². The topological polar surface area (TPSA) is 30.7 Å². The highest BCUT2D eigenvalue weighted by atomic mass is 32.1. The molecule has 0 amide bonds. The summed E-state index contributed by atoms with van der Waals surface area (Å²) in [7, 11) is 0. The summed E-state index contributed by atoms with van der Waals surface area (Å²) in [6.07, 6.45) is 3.94. The molecule has 0 aliphatic rings. The summed E-state index contributed by atoms with van der Waals surface area (Å²) < 4.78 is 4.79. The fourth-order valence-electron chi connectivity index (χ4n) is 7.15. The van der Waals surface area contributed by atoms with Crippen LogP contribution in [0.5, 0.6) is 0 Å². The van der Waals surface area contributed by atoms with Gasteiger partial charge >= 0.3 is 0 Å². The van der Waals surface area contributed by atoms with Crippen LogP contribution in [0, 0.1) is 0 Å². The average molecular weight is 630 g/mol. The average Bonchev–Trinajstić information content (AvgIpc) is 3.70. The fourth-order valence-corrected chi connectivity index (χ4v) is 8.42. The first-order valence-electron chi connectivity index (χ1n) is 16.1. The van der Waals surface area contributed by atoms with Gasteiger partial charge in [-0.05, 0) is 75.0 Å². The van der Waals surface area contributed by atoms with Crippen molar-refractivity contribution in [2.45, 2.75) is 0 Å². The van der Waals surface area contributed by atoms with Gasteiger partial charge in [0, 0.05) is 44.2 Å². The highest BCUT2D eigenvalue weighted by Gasteiger charge is 2.19. The van der Waals surface area contributed by atoms with Crippen LogP contribution in [0.1, 0.15) is 0 Å². The van der Waals surface area contributed by atoms with Crippen LogP contribution in [0.3, 0.4) is 0 Å². The number of benzene rings is 7. The quantitative estimate of drug-likeness (QED) is 0.194. The van der Waals surface area contributed by atoms with Crippen LogP contribution in [0.25, 0.3) is 92.1 Å². The molecule has 0 radical (unpaired) electrons. The molecule has 3 nitrogen and oxygen atoms in total. The SMILES string of the molecule is c1ccc(-c2cc(-c3ccccc3)cc(-c3cnc(-n4c5ccccc5c5ccc6c7cc8ccccc8cc7sc6c54)nc3)c2)cc1. The number of nitrogens with zero attached hydrogens (tertiary/aromatic N) is 3. The van der Waals surface area contributed by atoms with E-state index in [1.807, 2.05) is 23.7 Å². The lowest BCUT2D eigenvalue weighted by Gasteiger charge is -2.12. The molecule has 0 saturated carbocycles. The molecule has 0 aliphatic heterocycles. The zero-order valence-corrected chi connectivity index (χ0v) is 26.7. The minimum absolute atomic E-state index is 0.669. The van der Waals surface area contributed by atoms with Crippen molar-refractivity contribution in [3.05, 3.63) is 164 Å². The van der Waals surface area contributed by atoms with Crippen LogP contribution in [0.15, 0.2) is 164 Å². The van der Waals surface area contributed by atoms with E-state index in [0.29, 0.717) is 5.95 Å². The Kier molecular flexibility index (Phi) is 6.05. The number of rotatable bonds is 4.